The molecule has 5 nitrogen and oxygen atoms in total. The number of fused-ring (bicyclic) bond motifs is 1. The lowest BCUT2D eigenvalue weighted by molar-refractivity contribution is 0.191. The molecule has 0 amide bonds. The van der Waals surface area contributed by atoms with E-state index in [1.165, 1.54) is 48.4 Å². The van der Waals surface area contributed by atoms with Gasteiger partial charge in [-0.15, -0.1) is 0 Å². The van der Waals surface area contributed by atoms with Crippen LogP contribution >= 0.6 is 0 Å². The van der Waals surface area contributed by atoms with Crippen molar-refractivity contribution in [1.29, 1.82) is 0 Å². The number of aromatic nitrogens is 1. The Hall–Kier alpha value is -1.79. The molecule has 1 aromatic heterocycles. The van der Waals surface area contributed by atoms with E-state index in [-0.39, 0.29) is 0 Å². The van der Waals surface area contributed by atoms with Crippen LogP contribution < -0.4 is 10.6 Å². The number of nitrogens with zero attached hydrogens (tertiary/aromatic N) is 3. The van der Waals surface area contributed by atoms with Crippen molar-refractivity contribution >= 4 is 0 Å². The van der Waals surface area contributed by atoms with Crippen LogP contribution in [0.5, 0.6) is 0 Å². The van der Waals surface area contributed by atoms with Gasteiger partial charge in [0.25, 0.3) is 0 Å². The molecule has 29 heavy (non-hydrogen) atoms. The molecule has 2 aromatic rings. The molecule has 5 heteroatoms. The first kappa shape index (κ1) is 20.5. The third-order valence-corrected chi connectivity index (χ3v) is 6.29. The number of pyridine rings is 1. The lowest BCUT2D eigenvalue weighted by Gasteiger charge is -2.33. The number of rotatable bonds is 8. The lowest BCUT2D eigenvalue weighted by Crippen LogP contribution is -2.46. The standard InChI is InChI=1S/C24H35N5/c1-20-6-4-9-26-24(20)19-29(13-5-12-28-14-10-25-11-15-28)18-23-16-21-7-2-3-8-22(21)17-27-23/h2-4,6-9,23,25,27H,5,10-19H2,1H3/t23-/m1/s1. The normalized spacial score (nSPS) is 20.0. The van der Waals surface area contributed by atoms with Crippen LogP contribution in [0.3, 0.4) is 0 Å². The van der Waals surface area contributed by atoms with E-state index in [0.717, 1.165) is 45.7 Å². The Morgan fingerprint density at radius 2 is 1.93 bits per heavy atom. The summed E-state index contributed by atoms with van der Waals surface area (Å²) in [5.74, 6) is 0. The van der Waals surface area contributed by atoms with Crippen LogP contribution in [0, 0.1) is 6.92 Å². The van der Waals surface area contributed by atoms with Gasteiger partial charge in [0.15, 0.2) is 0 Å². The minimum Gasteiger partial charge on any atom is -0.314 e. The molecule has 0 bridgehead atoms. The number of nitrogens with one attached hydrogen (secondary N) is 2. The molecule has 0 radical (unpaired) electrons. The average Bonchev–Trinajstić information content (AvgIpc) is 2.76. The highest BCUT2D eigenvalue weighted by atomic mass is 15.2. The summed E-state index contributed by atoms with van der Waals surface area (Å²) in [7, 11) is 0. The second-order valence-electron chi connectivity index (χ2n) is 8.50. The molecule has 3 heterocycles. The number of hydrogen-bond acceptors (Lipinski definition) is 5. The quantitative estimate of drug-likeness (QED) is 0.720. The Morgan fingerprint density at radius 1 is 1.10 bits per heavy atom. The fourth-order valence-corrected chi connectivity index (χ4v) is 4.55. The van der Waals surface area contributed by atoms with E-state index in [1.807, 2.05) is 12.3 Å². The first-order valence-electron chi connectivity index (χ1n) is 11.1. The van der Waals surface area contributed by atoms with Gasteiger partial charge in [0.05, 0.1) is 5.69 Å². The summed E-state index contributed by atoms with van der Waals surface area (Å²) in [6.07, 6.45) is 4.26. The van der Waals surface area contributed by atoms with Crippen molar-refractivity contribution in [3.63, 3.8) is 0 Å². The van der Waals surface area contributed by atoms with Crippen LogP contribution in [0.25, 0.3) is 0 Å². The first-order chi connectivity index (χ1) is 14.3. The van der Waals surface area contributed by atoms with Crippen LogP contribution in [-0.4, -0.2) is 66.6 Å². The van der Waals surface area contributed by atoms with Crippen molar-refractivity contribution in [1.82, 2.24) is 25.4 Å². The van der Waals surface area contributed by atoms with Gasteiger partial charge in [-0.1, -0.05) is 30.3 Å². The van der Waals surface area contributed by atoms with Gasteiger partial charge in [0.1, 0.15) is 0 Å². The number of benzene rings is 1. The number of hydrogen-bond donors (Lipinski definition) is 2. The van der Waals surface area contributed by atoms with Crippen LogP contribution in [-0.2, 0) is 19.5 Å². The second kappa shape index (κ2) is 10.3. The van der Waals surface area contributed by atoms with Gasteiger partial charge in [0.2, 0.25) is 0 Å². The molecule has 1 atom stereocenters. The van der Waals surface area contributed by atoms with Gasteiger partial charge < -0.3 is 15.5 Å². The highest BCUT2D eigenvalue weighted by Gasteiger charge is 2.21. The van der Waals surface area contributed by atoms with Gasteiger partial charge in [-0.3, -0.25) is 9.88 Å². The maximum absolute atomic E-state index is 4.66. The summed E-state index contributed by atoms with van der Waals surface area (Å²) in [6, 6.07) is 13.6. The Labute approximate surface area is 175 Å². The number of piperazine rings is 1. The summed E-state index contributed by atoms with van der Waals surface area (Å²) in [6.45, 7) is 12.1. The van der Waals surface area contributed by atoms with Crippen molar-refractivity contribution < 1.29 is 0 Å². The van der Waals surface area contributed by atoms with Gasteiger partial charge >= 0.3 is 0 Å². The SMILES string of the molecule is Cc1cccnc1CN(CCCN1CCNCC1)C[C@H]1Cc2ccccc2CN1. The van der Waals surface area contributed by atoms with Crippen LogP contribution in [0.15, 0.2) is 42.6 Å². The third kappa shape index (κ3) is 5.86. The molecule has 2 N–H and O–H groups in total. The molecule has 0 saturated carbocycles. The maximum atomic E-state index is 4.66. The maximum Gasteiger partial charge on any atom is 0.0573 e. The van der Waals surface area contributed by atoms with E-state index in [1.54, 1.807) is 0 Å². The Morgan fingerprint density at radius 3 is 2.76 bits per heavy atom. The topological polar surface area (TPSA) is 43.4 Å². The molecule has 0 unspecified atom stereocenters. The Bertz CT molecular complexity index is 771. The van der Waals surface area contributed by atoms with Crippen LogP contribution in [0.4, 0.5) is 0 Å². The van der Waals surface area contributed by atoms with Gasteiger partial charge in [-0.25, -0.2) is 0 Å². The minimum absolute atomic E-state index is 0.508. The predicted molar refractivity (Wildman–Crippen MR) is 119 cm³/mol. The van der Waals surface area contributed by atoms with Gasteiger partial charge in [-0.2, -0.15) is 0 Å². The van der Waals surface area contributed by atoms with Crippen molar-refractivity contribution in [2.75, 3.05) is 45.8 Å². The molecule has 156 valence electrons. The monoisotopic (exact) mass is 393 g/mol. The molecule has 1 saturated heterocycles. The Balaban J connectivity index is 1.37. The fourth-order valence-electron chi connectivity index (χ4n) is 4.55. The molecule has 2 aliphatic heterocycles. The molecular weight excluding hydrogens is 358 g/mol. The van der Waals surface area contributed by atoms with E-state index in [9.17, 15) is 0 Å². The summed E-state index contributed by atoms with van der Waals surface area (Å²) < 4.78 is 0. The van der Waals surface area contributed by atoms with E-state index >= 15 is 0 Å². The van der Waals surface area contributed by atoms with Gasteiger partial charge in [-0.05, 0) is 55.6 Å². The zero-order chi connectivity index (χ0) is 19.9. The van der Waals surface area contributed by atoms with E-state index < -0.39 is 0 Å². The number of aryl methyl sites for hydroxylation is 1. The summed E-state index contributed by atoms with van der Waals surface area (Å²) in [4.78, 5) is 9.87. The van der Waals surface area contributed by atoms with E-state index in [4.69, 9.17) is 0 Å². The minimum atomic E-state index is 0.508. The smallest absolute Gasteiger partial charge is 0.0573 e. The molecule has 0 spiro atoms. The highest BCUT2D eigenvalue weighted by Crippen LogP contribution is 2.18. The van der Waals surface area contributed by atoms with Crippen molar-refractivity contribution in [3.05, 3.63) is 65.0 Å². The first-order valence-corrected chi connectivity index (χ1v) is 11.1. The third-order valence-electron chi connectivity index (χ3n) is 6.29. The zero-order valence-corrected chi connectivity index (χ0v) is 17.7. The molecular formula is C24H35N5. The largest absolute Gasteiger partial charge is 0.314 e. The molecule has 1 aromatic carbocycles. The van der Waals surface area contributed by atoms with Crippen molar-refractivity contribution in [2.45, 2.75) is 38.9 Å². The Kier molecular flexibility index (Phi) is 7.28. The predicted octanol–water partition coefficient (Wildman–Crippen LogP) is 2.20. The van der Waals surface area contributed by atoms with Crippen LogP contribution in [0.2, 0.25) is 0 Å². The summed E-state index contributed by atoms with van der Waals surface area (Å²) in [5.41, 5.74) is 5.47. The molecule has 4 rings (SSSR count). The van der Waals surface area contributed by atoms with Crippen LogP contribution in [0.1, 0.15) is 28.8 Å². The van der Waals surface area contributed by atoms with Gasteiger partial charge in [0, 0.05) is 58.1 Å². The molecule has 0 aliphatic carbocycles. The summed E-state index contributed by atoms with van der Waals surface area (Å²) >= 11 is 0. The van der Waals surface area contributed by atoms with E-state index in [2.05, 4.69) is 62.7 Å². The van der Waals surface area contributed by atoms with E-state index in [0.29, 0.717) is 6.04 Å². The molecule has 2 aliphatic rings. The highest BCUT2D eigenvalue weighted by molar-refractivity contribution is 5.30. The summed E-state index contributed by atoms with van der Waals surface area (Å²) in [5, 5.41) is 7.21. The fraction of sp³-hybridized carbons (Fsp3) is 0.542. The second-order valence-corrected chi connectivity index (χ2v) is 8.50. The molecule has 1 fully saturated rings. The average molecular weight is 394 g/mol. The van der Waals surface area contributed by atoms with Crippen molar-refractivity contribution in [3.8, 4) is 0 Å². The zero-order valence-electron chi connectivity index (χ0n) is 17.7. The lowest BCUT2D eigenvalue weighted by atomic mass is 9.95. The van der Waals surface area contributed by atoms with Crippen molar-refractivity contribution in [2.24, 2.45) is 0 Å².